The van der Waals surface area contributed by atoms with Crippen LogP contribution in [0.4, 0.5) is 8.78 Å². The molecule has 9 heteroatoms. The summed E-state index contributed by atoms with van der Waals surface area (Å²) < 4.78 is 59.0. The third-order valence-corrected chi connectivity index (χ3v) is 7.16. The Morgan fingerprint density at radius 1 is 1.13 bits per heavy atom. The van der Waals surface area contributed by atoms with E-state index in [1.807, 2.05) is 6.07 Å². The van der Waals surface area contributed by atoms with Crippen LogP contribution in [0.2, 0.25) is 0 Å². The molecule has 1 saturated heterocycles. The second-order valence-corrected chi connectivity index (χ2v) is 9.54. The van der Waals surface area contributed by atoms with Gasteiger partial charge in [0.1, 0.15) is 5.82 Å². The summed E-state index contributed by atoms with van der Waals surface area (Å²) in [5, 5.41) is 7.29. The van der Waals surface area contributed by atoms with Crippen molar-refractivity contribution in [1.82, 2.24) is 14.5 Å². The fourth-order valence-corrected chi connectivity index (χ4v) is 5.24. The number of nitrogens with zero attached hydrogens (tertiary/aromatic N) is 2. The van der Waals surface area contributed by atoms with E-state index >= 15 is 0 Å². The Hall–Kier alpha value is -2.78. The number of H-pyrrole nitrogens is 1. The van der Waals surface area contributed by atoms with Crippen LogP contribution in [0.5, 0.6) is 5.75 Å². The highest BCUT2D eigenvalue weighted by Crippen LogP contribution is 2.29. The Labute approximate surface area is 179 Å². The standard InChI is InChI=1S/C22H23F2N3O3S/c23-18-7-5-16(6-8-18)15-31(28,29)27-11-9-17(14-27)21-13-19(25-26-21)10-12-30-22-4-2-1-3-20(22)24/h1-8,13,17H,9-12,14-15H2,(H,25,26). The minimum Gasteiger partial charge on any atom is -0.490 e. The van der Waals surface area contributed by atoms with Gasteiger partial charge in [0, 0.05) is 31.1 Å². The van der Waals surface area contributed by atoms with E-state index in [4.69, 9.17) is 4.74 Å². The largest absolute Gasteiger partial charge is 0.490 e. The Bertz CT molecular complexity index is 1130. The Kier molecular flexibility index (Phi) is 6.33. The molecule has 0 spiro atoms. The first-order valence-corrected chi connectivity index (χ1v) is 11.7. The summed E-state index contributed by atoms with van der Waals surface area (Å²) in [6, 6.07) is 13.7. The maximum Gasteiger partial charge on any atom is 0.218 e. The zero-order valence-corrected chi connectivity index (χ0v) is 17.6. The Morgan fingerprint density at radius 3 is 2.68 bits per heavy atom. The van der Waals surface area contributed by atoms with Gasteiger partial charge in [0.15, 0.2) is 11.6 Å². The number of hydrogen-bond acceptors (Lipinski definition) is 4. The average Bonchev–Trinajstić information content (AvgIpc) is 3.41. The lowest BCUT2D eigenvalue weighted by atomic mass is 10.0. The van der Waals surface area contributed by atoms with Gasteiger partial charge in [0.05, 0.1) is 18.1 Å². The molecule has 3 aromatic rings. The molecule has 31 heavy (non-hydrogen) atoms. The summed E-state index contributed by atoms with van der Waals surface area (Å²) in [5.41, 5.74) is 2.21. The summed E-state index contributed by atoms with van der Waals surface area (Å²) in [5.74, 6) is -0.739. The highest BCUT2D eigenvalue weighted by atomic mass is 32.2. The van der Waals surface area contributed by atoms with Crippen LogP contribution < -0.4 is 4.74 Å². The average molecular weight is 448 g/mol. The van der Waals surface area contributed by atoms with Crippen molar-refractivity contribution in [3.63, 3.8) is 0 Å². The molecule has 1 unspecified atom stereocenters. The van der Waals surface area contributed by atoms with Crippen molar-refractivity contribution in [2.45, 2.75) is 24.5 Å². The van der Waals surface area contributed by atoms with Crippen LogP contribution in [0, 0.1) is 11.6 Å². The molecule has 4 rings (SSSR count). The van der Waals surface area contributed by atoms with Crippen molar-refractivity contribution >= 4 is 10.0 Å². The van der Waals surface area contributed by atoms with E-state index in [9.17, 15) is 17.2 Å². The minimum absolute atomic E-state index is 0.000443. The van der Waals surface area contributed by atoms with Gasteiger partial charge in [0.2, 0.25) is 10.0 Å². The predicted octanol–water partition coefficient (Wildman–Crippen LogP) is 3.63. The molecule has 1 atom stereocenters. The molecule has 1 aliphatic rings. The molecule has 1 aliphatic heterocycles. The molecule has 1 fully saturated rings. The van der Waals surface area contributed by atoms with Crippen LogP contribution in [0.3, 0.4) is 0 Å². The first-order chi connectivity index (χ1) is 14.9. The second-order valence-electron chi connectivity index (χ2n) is 7.57. The van der Waals surface area contributed by atoms with E-state index in [-0.39, 0.29) is 17.4 Å². The lowest BCUT2D eigenvalue weighted by Crippen LogP contribution is -2.29. The normalized spacial score (nSPS) is 17.2. The van der Waals surface area contributed by atoms with Gasteiger partial charge < -0.3 is 4.74 Å². The molecule has 1 N–H and O–H groups in total. The number of halogens is 2. The lowest BCUT2D eigenvalue weighted by Gasteiger charge is -2.16. The van der Waals surface area contributed by atoms with Crippen LogP contribution in [0.25, 0.3) is 0 Å². The van der Waals surface area contributed by atoms with Crippen molar-refractivity contribution in [1.29, 1.82) is 0 Å². The minimum atomic E-state index is -3.49. The zero-order chi connectivity index (χ0) is 21.8. The molecular weight excluding hydrogens is 424 g/mol. The number of hydrogen-bond donors (Lipinski definition) is 1. The maximum absolute atomic E-state index is 13.6. The first-order valence-electron chi connectivity index (χ1n) is 10.0. The molecule has 1 aromatic heterocycles. The summed E-state index contributed by atoms with van der Waals surface area (Å²) in [7, 11) is -3.49. The highest BCUT2D eigenvalue weighted by molar-refractivity contribution is 7.88. The molecule has 164 valence electrons. The fourth-order valence-electron chi connectivity index (χ4n) is 3.65. The van der Waals surface area contributed by atoms with Crippen molar-refractivity contribution in [2.24, 2.45) is 0 Å². The Balaban J connectivity index is 1.31. The summed E-state index contributed by atoms with van der Waals surface area (Å²) in [6.07, 6.45) is 1.21. The molecule has 0 aliphatic carbocycles. The van der Waals surface area contributed by atoms with Gasteiger partial charge in [-0.3, -0.25) is 5.10 Å². The molecule has 6 nitrogen and oxygen atoms in total. The van der Waals surface area contributed by atoms with E-state index in [0.29, 0.717) is 38.1 Å². The van der Waals surface area contributed by atoms with Gasteiger partial charge in [-0.1, -0.05) is 24.3 Å². The van der Waals surface area contributed by atoms with Gasteiger partial charge in [0.25, 0.3) is 0 Å². The van der Waals surface area contributed by atoms with Gasteiger partial charge in [-0.25, -0.2) is 21.5 Å². The monoisotopic (exact) mass is 447 g/mol. The SMILES string of the molecule is O=S(=O)(Cc1ccc(F)cc1)N1CCC(c2cc(CCOc3ccccc3F)[nH]n2)C1. The summed E-state index contributed by atoms with van der Waals surface area (Å²) in [4.78, 5) is 0. The van der Waals surface area contributed by atoms with Gasteiger partial charge in [-0.2, -0.15) is 5.10 Å². The highest BCUT2D eigenvalue weighted by Gasteiger charge is 2.33. The maximum atomic E-state index is 13.6. The van der Waals surface area contributed by atoms with Crippen molar-refractivity contribution in [3.8, 4) is 5.75 Å². The number of nitrogens with one attached hydrogen (secondary N) is 1. The molecule has 2 heterocycles. The van der Waals surface area contributed by atoms with Crippen molar-refractivity contribution < 1.29 is 21.9 Å². The number of sulfonamides is 1. The van der Waals surface area contributed by atoms with Crippen LogP contribution in [-0.4, -0.2) is 42.6 Å². The molecular formula is C22H23F2N3O3S. The number of para-hydroxylation sites is 1. The van der Waals surface area contributed by atoms with Crippen molar-refractivity contribution in [2.75, 3.05) is 19.7 Å². The van der Waals surface area contributed by atoms with Gasteiger partial charge in [-0.05, 0) is 42.3 Å². The smallest absolute Gasteiger partial charge is 0.218 e. The van der Waals surface area contributed by atoms with E-state index in [2.05, 4.69) is 10.2 Å². The molecule has 0 bridgehead atoms. The Morgan fingerprint density at radius 2 is 1.90 bits per heavy atom. The number of ether oxygens (including phenoxy) is 1. The second kappa shape index (κ2) is 9.15. The lowest BCUT2D eigenvalue weighted by molar-refractivity contribution is 0.304. The van der Waals surface area contributed by atoms with Crippen LogP contribution in [-0.2, 0) is 22.2 Å². The number of aromatic nitrogens is 2. The summed E-state index contributed by atoms with van der Waals surface area (Å²) >= 11 is 0. The third-order valence-electron chi connectivity index (χ3n) is 5.34. The van der Waals surface area contributed by atoms with Crippen LogP contribution in [0.1, 0.15) is 29.3 Å². The van der Waals surface area contributed by atoms with Crippen LogP contribution in [0.15, 0.2) is 54.6 Å². The molecule has 0 amide bonds. The quantitative estimate of drug-likeness (QED) is 0.572. The van der Waals surface area contributed by atoms with E-state index in [1.165, 1.54) is 34.6 Å². The van der Waals surface area contributed by atoms with E-state index in [1.54, 1.807) is 18.2 Å². The predicted molar refractivity (Wildman–Crippen MR) is 112 cm³/mol. The van der Waals surface area contributed by atoms with E-state index < -0.39 is 21.7 Å². The third kappa shape index (κ3) is 5.29. The van der Waals surface area contributed by atoms with E-state index in [0.717, 1.165) is 11.4 Å². The van der Waals surface area contributed by atoms with Crippen molar-refractivity contribution in [3.05, 3.63) is 83.2 Å². The summed E-state index contributed by atoms with van der Waals surface area (Å²) in [6.45, 7) is 1.08. The number of aromatic amines is 1. The molecule has 0 radical (unpaired) electrons. The topological polar surface area (TPSA) is 75.3 Å². The molecule has 0 saturated carbocycles. The number of rotatable bonds is 8. The van der Waals surface area contributed by atoms with Gasteiger partial charge in [-0.15, -0.1) is 0 Å². The fraction of sp³-hybridized carbons (Fsp3) is 0.318. The van der Waals surface area contributed by atoms with Gasteiger partial charge >= 0.3 is 0 Å². The molecule has 2 aromatic carbocycles. The first kappa shape index (κ1) is 21.5. The number of benzene rings is 2. The zero-order valence-electron chi connectivity index (χ0n) is 16.8. The van der Waals surface area contributed by atoms with Crippen LogP contribution >= 0.6 is 0 Å².